The first-order chi connectivity index (χ1) is 8.77. The van der Waals surface area contributed by atoms with Crippen LogP contribution < -0.4 is 5.73 Å². The van der Waals surface area contributed by atoms with Gasteiger partial charge in [0, 0.05) is 6.04 Å². The van der Waals surface area contributed by atoms with Crippen molar-refractivity contribution in [3.63, 3.8) is 0 Å². The number of nitrogens with two attached hydrogens (primary N) is 1. The zero-order valence-corrected chi connectivity index (χ0v) is 12.7. The van der Waals surface area contributed by atoms with E-state index in [9.17, 15) is 0 Å². The first-order valence-electron chi connectivity index (χ1n) is 8.22. The molecular formula is C16H34N2. The SMILES string of the molecule is CCCCCCCC(C)N1CCCC(CN)CC1. The highest BCUT2D eigenvalue weighted by molar-refractivity contribution is 4.74. The van der Waals surface area contributed by atoms with Crippen LogP contribution in [-0.2, 0) is 0 Å². The lowest BCUT2D eigenvalue weighted by Crippen LogP contribution is -2.34. The zero-order chi connectivity index (χ0) is 13.2. The van der Waals surface area contributed by atoms with E-state index < -0.39 is 0 Å². The quantitative estimate of drug-likeness (QED) is 0.668. The van der Waals surface area contributed by atoms with Gasteiger partial charge in [-0.15, -0.1) is 0 Å². The Kier molecular flexibility index (Phi) is 8.70. The lowest BCUT2D eigenvalue weighted by Gasteiger charge is -2.27. The minimum atomic E-state index is 0.781. The number of likely N-dealkylation sites (tertiary alicyclic amines) is 1. The molecule has 1 rings (SSSR count). The molecule has 1 heterocycles. The van der Waals surface area contributed by atoms with Crippen molar-refractivity contribution in [3.8, 4) is 0 Å². The number of rotatable bonds is 8. The molecule has 0 radical (unpaired) electrons. The first kappa shape index (κ1) is 16.0. The topological polar surface area (TPSA) is 29.3 Å². The van der Waals surface area contributed by atoms with E-state index in [-0.39, 0.29) is 0 Å². The molecule has 0 bridgehead atoms. The molecule has 0 aromatic heterocycles. The molecule has 1 saturated heterocycles. The predicted molar refractivity (Wildman–Crippen MR) is 80.8 cm³/mol. The van der Waals surface area contributed by atoms with E-state index in [0.717, 1.165) is 18.5 Å². The van der Waals surface area contributed by atoms with E-state index in [0.29, 0.717) is 0 Å². The Morgan fingerprint density at radius 1 is 1.11 bits per heavy atom. The number of nitrogens with zero attached hydrogens (tertiary/aromatic N) is 1. The van der Waals surface area contributed by atoms with Crippen LogP contribution in [0.15, 0.2) is 0 Å². The molecule has 18 heavy (non-hydrogen) atoms. The minimum absolute atomic E-state index is 0.781. The molecule has 1 aliphatic heterocycles. The van der Waals surface area contributed by atoms with Gasteiger partial charge in [0.25, 0.3) is 0 Å². The first-order valence-corrected chi connectivity index (χ1v) is 8.22. The van der Waals surface area contributed by atoms with Gasteiger partial charge in [-0.25, -0.2) is 0 Å². The highest BCUT2D eigenvalue weighted by Crippen LogP contribution is 2.20. The van der Waals surface area contributed by atoms with Gasteiger partial charge in [0.1, 0.15) is 0 Å². The summed E-state index contributed by atoms with van der Waals surface area (Å²) >= 11 is 0. The van der Waals surface area contributed by atoms with Gasteiger partial charge in [-0.3, -0.25) is 0 Å². The third-order valence-electron chi connectivity index (χ3n) is 4.56. The Labute approximate surface area is 114 Å². The van der Waals surface area contributed by atoms with E-state index in [4.69, 9.17) is 5.73 Å². The summed E-state index contributed by atoms with van der Waals surface area (Å²) in [6.07, 6.45) is 12.4. The summed E-state index contributed by atoms with van der Waals surface area (Å²) in [7, 11) is 0. The summed E-state index contributed by atoms with van der Waals surface area (Å²) in [5.74, 6) is 0.784. The molecule has 0 saturated carbocycles. The highest BCUT2D eigenvalue weighted by Gasteiger charge is 2.19. The van der Waals surface area contributed by atoms with Gasteiger partial charge >= 0.3 is 0 Å². The van der Waals surface area contributed by atoms with Gasteiger partial charge in [-0.05, 0) is 58.2 Å². The second-order valence-electron chi connectivity index (χ2n) is 6.12. The van der Waals surface area contributed by atoms with Crippen LogP contribution in [0.2, 0.25) is 0 Å². The summed E-state index contributed by atoms with van der Waals surface area (Å²) < 4.78 is 0. The average molecular weight is 254 g/mol. The third-order valence-corrected chi connectivity index (χ3v) is 4.56. The highest BCUT2D eigenvalue weighted by atomic mass is 15.1. The molecule has 108 valence electrons. The summed E-state index contributed by atoms with van der Waals surface area (Å²) in [6.45, 7) is 8.17. The van der Waals surface area contributed by atoms with Crippen LogP contribution in [0.3, 0.4) is 0 Å². The zero-order valence-electron chi connectivity index (χ0n) is 12.7. The normalized spacial score (nSPS) is 23.8. The van der Waals surface area contributed by atoms with Crippen LogP contribution in [-0.4, -0.2) is 30.6 Å². The summed E-state index contributed by atoms with van der Waals surface area (Å²) in [4.78, 5) is 2.70. The Morgan fingerprint density at radius 2 is 1.89 bits per heavy atom. The Balaban J connectivity index is 2.14. The van der Waals surface area contributed by atoms with Crippen molar-refractivity contribution in [1.82, 2.24) is 4.90 Å². The smallest absolute Gasteiger partial charge is 0.00669 e. The van der Waals surface area contributed by atoms with Crippen LogP contribution >= 0.6 is 0 Å². The molecule has 2 unspecified atom stereocenters. The van der Waals surface area contributed by atoms with E-state index in [1.165, 1.54) is 70.9 Å². The van der Waals surface area contributed by atoms with E-state index in [1.54, 1.807) is 0 Å². The van der Waals surface area contributed by atoms with Crippen LogP contribution in [0.5, 0.6) is 0 Å². The Hall–Kier alpha value is -0.0800. The molecule has 2 atom stereocenters. The monoisotopic (exact) mass is 254 g/mol. The largest absolute Gasteiger partial charge is 0.330 e. The minimum Gasteiger partial charge on any atom is -0.330 e. The molecular weight excluding hydrogens is 220 g/mol. The van der Waals surface area contributed by atoms with E-state index in [1.807, 2.05) is 0 Å². The van der Waals surface area contributed by atoms with Gasteiger partial charge in [0.15, 0.2) is 0 Å². The van der Waals surface area contributed by atoms with Crippen LogP contribution in [0.25, 0.3) is 0 Å². The van der Waals surface area contributed by atoms with Crippen molar-refractivity contribution >= 4 is 0 Å². The molecule has 0 amide bonds. The molecule has 2 nitrogen and oxygen atoms in total. The van der Waals surface area contributed by atoms with Gasteiger partial charge in [0.2, 0.25) is 0 Å². The third kappa shape index (κ3) is 6.19. The summed E-state index contributed by atoms with van der Waals surface area (Å²) in [5, 5.41) is 0. The number of unbranched alkanes of at least 4 members (excludes halogenated alkanes) is 4. The van der Waals surface area contributed by atoms with Crippen molar-refractivity contribution in [2.75, 3.05) is 19.6 Å². The fraction of sp³-hybridized carbons (Fsp3) is 1.00. The van der Waals surface area contributed by atoms with Crippen molar-refractivity contribution in [1.29, 1.82) is 0 Å². The molecule has 2 heteroatoms. The molecule has 1 fully saturated rings. The molecule has 0 aromatic carbocycles. The lowest BCUT2D eigenvalue weighted by molar-refractivity contribution is 0.201. The lowest BCUT2D eigenvalue weighted by atomic mass is 10.0. The molecule has 2 N–H and O–H groups in total. The van der Waals surface area contributed by atoms with Crippen molar-refractivity contribution in [2.45, 2.75) is 77.7 Å². The fourth-order valence-electron chi connectivity index (χ4n) is 3.09. The van der Waals surface area contributed by atoms with Gasteiger partial charge in [-0.1, -0.05) is 39.0 Å². The second kappa shape index (κ2) is 9.80. The maximum absolute atomic E-state index is 5.80. The maximum Gasteiger partial charge on any atom is 0.00669 e. The van der Waals surface area contributed by atoms with Crippen molar-refractivity contribution in [2.24, 2.45) is 11.7 Å². The Bertz CT molecular complexity index is 194. The van der Waals surface area contributed by atoms with Gasteiger partial charge < -0.3 is 10.6 Å². The van der Waals surface area contributed by atoms with E-state index >= 15 is 0 Å². The van der Waals surface area contributed by atoms with Gasteiger partial charge in [0.05, 0.1) is 0 Å². The number of hydrogen-bond donors (Lipinski definition) is 1. The van der Waals surface area contributed by atoms with Crippen LogP contribution in [0.1, 0.15) is 71.6 Å². The standard InChI is InChI=1S/C16H34N2/c1-3-4-5-6-7-9-15(2)18-12-8-10-16(14-17)11-13-18/h15-16H,3-14,17H2,1-2H3. The second-order valence-corrected chi connectivity index (χ2v) is 6.12. The van der Waals surface area contributed by atoms with Crippen molar-refractivity contribution in [3.05, 3.63) is 0 Å². The summed E-state index contributed by atoms with van der Waals surface area (Å²) in [5.41, 5.74) is 5.80. The number of hydrogen-bond acceptors (Lipinski definition) is 2. The van der Waals surface area contributed by atoms with Crippen LogP contribution in [0, 0.1) is 5.92 Å². The van der Waals surface area contributed by atoms with Gasteiger partial charge in [-0.2, -0.15) is 0 Å². The average Bonchev–Trinajstić information content (AvgIpc) is 2.63. The molecule has 0 spiro atoms. The molecule has 0 aliphatic carbocycles. The summed E-state index contributed by atoms with van der Waals surface area (Å²) in [6, 6.07) is 0.781. The van der Waals surface area contributed by atoms with Crippen LogP contribution in [0.4, 0.5) is 0 Å². The Morgan fingerprint density at radius 3 is 2.61 bits per heavy atom. The fourth-order valence-corrected chi connectivity index (χ4v) is 3.09. The molecule has 0 aromatic rings. The maximum atomic E-state index is 5.80. The van der Waals surface area contributed by atoms with Crippen molar-refractivity contribution < 1.29 is 0 Å². The molecule has 1 aliphatic rings. The van der Waals surface area contributed by atoms with E-state index in [2.05, 4.69) is 18.7 Å². The predicted octanol–water partition coefficient (Wildman–Crippen LogP) is 3.80.